The first-order valence-electron chi connectivity index (χ1n) is 8.14. The maximum Gasteiger partial charge on any atom is 0.417 e. The van der Waals surface area contributed by atoms with Gasteiger partial charge in [-0.3, -0.25) is 0 Å². The van der Waals surface area contributed by atoms with Gasteiger partial charge in [-0.1, -0.05) is 23.7 Å². The second kappa shape index (κ2) is 7.82. The first kappa shape index (κ1) is 18.9. The van der Waals surface area contributed by atoms with Gasteiger partial charge in [-0.05, 0) is 66.7 Å². The molecular weight excluding hydrogens is 365 g/mol. The minimum atomic E-state index is -4.57. The molecule has 28 heavy (non-hydrogen) atoms. The number of hydrogen-bond donors (Lipinski definition) is 2. The number of hydrogen-bond acceptors (Lipinski definition) is 2. The van der Waals surface area contributed by atoms with Crippen LogP contribution < -0.4 is 0 Å². The van der Waals surface area contributed by atoms with Crippen molar-refractivity contribution in [3.05, 3.63) is 94.5 Å². The van der Waals surface area contributed by atoms with Gasteiger partial charge in [0, 0.05) is 22.3 Å². The van der Waals surface area contributed by atoms with Crippen molar-refractivity contribution < 1.29 is 23.4 Å². The van der Waals surface area contributed by atoms with E-state index in [1.54, 1.807) is 12.1 Å². The second-order valence-electron chi connectivity index (χ2n) is 5.85. The van der Waals surface area contributed by atoms with E-state index < -0.39 is 11.7 Å². The Hall–Kier alpha value is -3.83. The van der Waals surface area contributed by atoms with Crippen LogP contribution in [0.2, 0.25) is 0 Å². The summed E-state index contributed by atoms with van der Waals surface area (Å²) in [4.78, 5) is 0. The third-order valence-electron chi connectivity index (χ3n) is 3.75. The van der Waals surface area contributed by atoms with Crippen LogP contribution >= 0.6 is 0 Å². The summed E-state index contributed by atoms with van der Waals surface area (Å²) >= 11 is 0. The largest absolute Gasteiger partial charge is 0.508 e. The summed E-state index contributed by atoms with van der Waals surface area (Å²) in [7, 11) is 0. The maximum absolute atomic E-state index is 13.4. The molecule has 0 spiro atoms. The summed E-state index contributed by atoms with van der Waals surface area (Å²) in [5.74, 6) is 10.8. The predicted molar refractivity (Wildman–Crippen MR) is 99.6 cm³/mol. The standard InChI is InChI=1S/C23H13F3O2/c24-23(25,26)22-15-18(2-1-16-5-11-20(27)12-6-16)4-10-19(22)9-3-17-7-13-21(28)14-8-17/h4-8,10-15,27-28H. The van der Waals surface area contributed by atoms with Gasteiger partial charge in [-0.25, -0.2) is 0 Å². The summed E-state index contributed by atoms with van der Waals surface area (Å²) in [6.07, 6.45) is -4.57. The van der Waals surface area contributed by atoms with Crippen molar-refractivity contribution in [1.29, 1.82) is 0 Å². The first-order valence-corrected chi connectivity index (χ1v) is 8.14. The fourth-order valence-electron chi connectivity index (χ4n) is 2.34. The number of aromatic hydroxyl groups is 2. The van der Waals surface area contributed by atoms with Crippen LogP contribution in [0.1, 0.15) is 27.8 Å². The van der Waals surface area contributed by atoms with Gasteiger partial charge < -0.3 is 10.2 Å². The third kappa shape index (κ3) is 4.87. The third-order valence-corrected chi connectivity index (χ3v) is 3.75. The Morgan fingerprint density at radius 2 is 1.00 bits per heavy atom. The Balaban J connectivity index is 1.95. The summed E-state index contributed by atoms with van der Waals surface area (Å²) < 4.78 is 40.3. The first-order chi connectivity index (χ1) is 13.3. The van der Waals surface area contributed by atoms with E-state index in [9.17, 15) is 23.4 Å². The summed E-state index contributed by atoms with van der Waals surface area (Å²) in [5.41, 5.74) is 0.243. The Morgan fingerprint density at radius 1 is 0.571 bits per heavy atom. The lowest BCUT2D eigenvalue weighted by atomic mass is 10.0. The molecule has 0 aliphatic rings. The van der Waals surface area contributed by atoms with E-state index in [-0.39, 0.29) is 22.6 Å². The molecule has 0 atom stereocenters. The van der Waals surface area contributed by atoms with Gasteiger partial charge in [0.05, 0.1) is 5.56 Å². The van der Waals surface area contributed by atoms with Crippen LogP contribution in [-0.4, -0.2) is 10.2 Å². The average molecular weight is 378 g/mol. The van der Waals surface area contributed by atoms with Crippen LogP contribution in [0.3, 0.4) is 0 Å². The molecule has 0 saturated carbocycles. The molecule has 138 valence electrons. The van der Waals surface area contributed by atoms with Gasteiger partial charge in [0.1, 0.15) is 11.5 Å². The van der Waals surface area contributed by atoms with E-state index in [0.717, 1.165) is 6.07 Å². The molecule has 0 fully saturated rings. The molecule has 3 aromatic rings. The highest BCUT2D eigenvalue weighted by Crippen LogP contribution is 2.32. The molecule has 2 nitrogen and oxygen atoms in total. The molecule has 0 aromatic heterocycles. The minimum absolute atomic E-state index is 0.0538. The van der Waals surface area contributed by atoms with E-state index in [4.69, 9.17) is 0 Å². The lowest BCUT2D eigenvalue weighted by Gasteiger charge is -2.09. The Labute approximate surface area is 159 Å². The number of rotatable bonds is 0. The van der Waals surface area contributed by atoms with Crippen LogP contribution in [0.4, 0.5) is 13.2 Å². The molecule has 0 aliphatic carbocycles. The van der Waals surface area contributed by atoms with Crippen LogP contribution in [0, 0.1) is 23.7 Å². The van der Waals surface area contributed by atoms with Gasteiger partial charge in [-0.2, -0.15) is 13.2 Å². The van der Waals surface area contributed by atoms with E-state index in [0.29, 0.717) is 11.1 Å². The van der Waals surface area contributed by atoms with E-state index in [2.05, 4.69) is 23.7 Å². The highest BCUT2D eigenvalue weighted by atomic mass is 19.4. The molecule has 2 N–H and O–H groups in total. The van der Waals surface area contributed by atoms with Crippen LogP contribution in [0.15, 0.2) is 66.7 Å². The van der Waals surface area contributed by atoms with Crippen molar-refractivity contribution in [3.8, 4) is 35.2 Å². The van der Waals surface area contributed by atoms with Crippen LogP contribution in [-0.2, 0) is 6.18 Å². The van der Waals surface area contributed by atoms with Gasteiger partial charge in [0.25, 0.3) is 0 Å². The second-order valence-corrected chi connectivity index (χ2v) is 5.85. The summed E-state index contributed by atoms with van der Waals surface area (Å²) in [6, 6.07) is 15.7. The van der Waals surface area contributed by atoms with Gasteiger partial charge >= 0.3 is 6.18 Å². The van der Waals surface area contributed by atoms with Gasteiger partial charge in [-0.15, -0.1) is 0 Å². The fourth-order valence-corrected chi connectivity index (χ4v) is 2.34. The lowest BCUT2D eigenvalue weighted by Crippen LogP contribution is -2.08. The maximum atomic E-state index is 13.4. The zero-order chi connectivity index (χ0) is 20.1. The highest BCUT2D eigenvalue weighted by Gasteiger charge is 2.33. The summed E-state index contributed by atoms with van der Waals surface area (Å²) in [5, 5.41) is 18.5. The SMILES string of the molecule is Oc1ccc(C#Cc2ccc(C#Cc3ccc(O)cc3)c(C(F)(F)F)c2)cc1. The Bertz CT molecular complexity index is 1110. The lowest BCUT2D eigenvalue weighted by molar-refractivity contribution is -0.137. The van der Waals surface area contributed by atoms with E-state index >= 15 is 0 Å². The van der Waals surface area contributed by atoms with Crippen molar-refractivity contribution in [1.82, 2.24) is 0 Å². The molecule has 3 rings (SSSR count). The highest BCUT2D eigenvalue weighted by molar-refractivity contribution is 5.53. The van der Waals surface area contributed by atoms with Crippen molar-refractivity contribution in [3.63, 3.8) is 0 Å². The van der Waals surface area contributed by atoms with Crippen LogP contribution in [0.5, 0.6) is 11.5 Å². The van der Waals surface area contributed by atoms with Gasteiger partial charge in [0.15, 0.2) is 0 Å². The summed E-state index contributed by atoms with van der Waals surface area (Å²) in [6.45, 7) is 0. The molecule has 0 radical (unpaired) electrons. The number of benzene rings is 3. The van der Waals surface area contributed by atoms with Crippen molar-refractivity contribution in [2.24, 2.45) is 0 Å². The monoisotopic (exact) mass is 378 g/mol. The Kier molecular flexibility index (Phi) is 5.29. The number of phenolic OH excluding ortho intramolecular Hbond substituents is 2. The quantitative estimate of drug-likeness (QED) is 0.546. The Morgan fingerprint density at radius 3 is 1.50 bits per heavy atom. The minimum Gasteiger partial charge on any atom is -0.508 e. The molecule has 0 unspecified atom stereocenters. The molecule has 0 amide bonds. The van der Waals surface area contributed by atoms with Crippen molar-refractivity contribution >= 4 is 0 Å². The van der Waals surface area contributed by atoms with Gasteiger partial charge in [0.2, 0.25) is 0 Å². The zero-order valence-electron chi connectivity index (χ0n) is 14.4. The fraction of sp³-hybridized carbons (Fsp3) is 0.0435. The van der Waals surface area contributed by atoms with Crippen molar-refractivity contribution in [2.75, 3.05) is 0 Å². The van der Waals surface area contributed by atoms with Crippen LogP contribution in [0.25, 0.3) is 0 Å². The molecule has 5 heteroatoms. The normalized spacial score (nSPS) is 10.4. The molecule has 3 aromatic carbocycles. The smallest absolute Gasteiger partial charge is 0.417 e. The number of phenols is 2. The molecule has 0 bridgehead atoms. The average Bonchev–Trinajstić information content (AvgIpc) is 2.67. The van der Waals surface area contributed by atoms with E-state index in [1.165, 1.54) is 48.5 Å². The van der Waals surface area contributed by atoms with Crippen molar-refractivity contribution in [2.45, 2.75) is 6.18 Å². The molecule has 0 saturated heterocycles. The topological polar surface area (TPSA) is 40.5 Å². The number of halogens is 3. The number of alkyl halides is 3. The molecular formula is C23H13F3O2. The molecule has 0 heterocycles. The predicted octanol–water partition coefficient (Wildman–Crippen LogP) is 4.92. The zero-order valence-corrected chi connectivity index (χ0v) is 14.4. The molecule has 0 aliphatic heterocycles. The van der Waals surface area contributed by atoms with E-state index in [1.807, 2.05) is 0 Å².